The van der Waals surface area contributed by atoms with E-state index in [9.17, 15) is 0 Å². The maximum absolute atomic E-state index is 4.22. The summed E-state index contributed by atoms with van der Waals surface area (Å²) in [5.41, 5.74) is 0. The van der Waals surface area contributed by atoms with E-state index in [-0.39, 0.29) is 0 Å². The molecule has 0 fully saturated rings. The highest BCUT2D eigenvalue weighted by Gasteiger charge is 1.94. The topological polar surface area (TPSA) is 0 Å². The van der Waals surface area contributed by atoms with Crippen LogP contribution in [0, 0.1) is 0 Å². The molecule has 0 nitrogen and oxygen atoms in total. The predicted molar refractivity (Wildman–Crippen MR) is 44.8 cm³/mol. The molecule has 0 N–H and O–H groups in total. The summed E-state index contributed by atoms with van der Waals surface area (Å²) in [4.78, 5) is 0. The zero-order valence-electron chi connectivity index (χ0n) is 4.29. The number of rotatable bonds is 3. The Morgan fingerprint density at radius 2 is 2.29 bits per heavy atom. The van der Waals surface area contributed by atoms with Gasteiger partial charge in [0.05, 0.1) is 0 Å². The first-order valence-corrected chi connectivity index (χ1v) is 4.56. The van der Waals surface area contributed by atoms with E-state index in [0.29, 0.717) is 4.58 Å². The summed E-state index contributed by atoms with van der Waals surface area (Å²) in [6, 6.07) is 0. The number of thioether (sulfide) groups is 1. The molecular weight excluding hydrogens is 144 g/mol. The van der Waals surface area contributed by atoms with E-state index < -0.39 is 0 Å². The van der Waals surface area contributed by atoms with Crippen molar-refractivity contribution in [3.05, 3.63) is 0 Å². The van der Waals surface area contributed by atoms with Gasteiger partial charge >= 0.3 is 0 Å². The molecule has 0 saturated heterocycles. The largest absolute Gasteiger partial charge is 0.179 e. The summed E-state index contributed by atoms with van der Waals surface area (Å²) in [6.07, 6.45) is 3.15. The lowest BCUT2D eigenvalue weighted by Crippen LogP contribution is -1.90. The van der Waals surface area contributed by atoms with Crippen molar-refractivity contribution in [3.63, 3.8) is 0 Å². The van der Waals surface area contributed by atoms with Gasteiger partial charge in [0.25, 0.3) is 0 Å². The Labute approximate surface area is 60.3 Å². The third-order valence-corrected chi connectivity index (χ3v) is 2.58. The lowest BCUT2D eigenvalue weighted by atomic mass is 10.6. The monoisotopic (exact) mass is 154 g/mol. The van der Waals surface area contributed by atoms with Crippen LogP contribution in [-0.2, 0) is 0 Å². The van der Waals surface area contributed by atoms with Crippen LogP contribution in [0.3, 0.4) is 0 Å². The smallest absolute Gasteiger partial charge is 0.0477 e. The Morgan fingerprint density at radius 3 is 2.43 bits per heavy atom. The van der Waals surface area contributed by atoms with Gasteiger partial charge in [0.1, 0.15) is 0 Å². The molecule has 0 aromatic rings. The van der Waals surface area contributed by atoms with Crippen LogP contribution in [0.1, 0.15) is 6.42 Å². The minimum Gasteiger partial charge on any atom is -0.179 e. The van der Waals surface area contributed by atoms with Crippen LogP contribution in [0.25, 0.3) is 0 Å². The van der Waals surface area contributed by atoms with Crippen LogP contribution in [0.4, 0.5) is 0 Å². The molecule has 0 aliphatic rings. The predicted octanol–water partition coefficient (Wildman–Crippen LogP) is 1.93. The van der Waals surface area contributed by atoms with Crippen LogP contribution in [0.15, 0.2) is 0 Å². The molecule has 44 valence electrons. The van der Waals surface area contributed by atoms with Crippen molar-refractivity contribution in [1.82, 2.24) is 0 Å². The average molecular weight is 154 g/mol. The molecule has 0 unspecified atom stereocenters. The third-order valence-electron chi connectivity index (χ3n) is 0.648. The van der Waals surface area contributed by atoms with Crippen LogP contribution < -0.4 is 0 Å². The van der Waals surface area contributed by atoms with Crippen LogP contribution >= 0.6 is 37.0 Å². The summed E-state index contributed by atoms with van der Waals surface area (Å²) in [5, 5.41) is 0. The van der Waals surface area contributed by atoms with Crippen LogP contribution in [-0.4, -0.2) is 16.6 Å². The maximum Gasteiger partial charge on any atom is 0.0477 e. The van der Waals surface area contributed by atoms with Crippen molar-refractivity contribution in [2.75, 3.05) is 12.0 Å². The van der Waals surface area contributed by atoms with E-state index in [0.717, 1.165) is 12.2 Å². The Morgan fingerprint density at radius 1 is 1.71 bits per heavy atom. The van der Waals surface area contributed by atoms with Gasteiger partial charge in [0.2, 0.25) is 0 Å². The van der Waals surface area contributed by atoms with Gasteiger partial charge in [-0.1, -0.05) is 0 Å². The molecule has 7 heavy (non-hydrogen) atoms. The molecule has 0 rings (SSSR count). The summed E-state index contributed by atoms with van der Waals surface area (Å²) >= 11 is 10.0. The molecule has 0 aliphatic carbocycles. The first kappa shape index (κ1) is 8.05. The molecule has 1 atom stereocenters. The van der Waals surface area contributed by atoms with E-state index in [4.69, 9.17) is 0 Å². The quantitative estimate of drug-likeness (QED) is 0.463. The molecule has 3 heteroatoms. The minimum atomic E-state index is 0.484. The average Bonchev–Trinajstić information content (AvgIpc) is 1.68. The molecule has 0 spiro atoms. The van der Waals surface area contributed by atoms with E-state index in [1.807, 2.05) is 0 Å². The van der Waals surface area contributed by atoms with Gasteiger partial charge in [0.15, 0.2) is 0 Å². The highest BCUT2D eigenvalue weighted by Crippen LogP contribution is 2.14. The molecule has 0 aromatic heterocycles. The summed E-state index contributed by atoms with van der Waals surface area (Å²) in [5.74, 6) is 0.939. The molecule has 0 amide bonds. The summed E-state index contributed by atoms with van der Waals surface area (Å²) in [6.45, 7) is 0. The first-order chi connectivity index (χ1) is 3.31. The van der Waals surface area contributed by atoms with Gasteiger partial charge in [-0.15, -0.1) is 0 Å². The van der Waals surface area contributed by atoms with Gasteiger partial charge in [-0.3, -0.25) is 0 Å². The lowest BCUT2D eigenvalue weighted by Gasteiger charge is -2.01. The Hall–Kier alpha value is 1.05. The second-order valence-electron chi connectivity index (χ2n) is 1.20. The van der Waals surface area contributed by atoms with Gasteiger partial charge in [-0.25, -0.2) is 0 Å². The van der Waals surface area contributed by atoms with Crippen molar-refractivity contribution < 1.29 is 0 Å². The van der Waals surface area contributed by atoms with Crippen molar-refractivity contribution in [3.8, 4) is 0 Å². The second kappa shape index (κ2) is 5.19. The Bertz CT molecular complexity index is 37.9. The van der Waals surface area contributed by atoms with E-state index in [2.05, 4.69) is 31.5 Å². The molecule has 0 aliphatic heterocycles. The number of hydrogen-bond donors (Lipinski definition) is 2. The molecule has 0 heterocycles. The van der Waals surface area contributed by atoms with Gasteiger partial charge in [-0.05, 0) is 18.4 Å². The number of thiol groups is 2. The van der Waals surface area contributed by atoms with Crippen molar-refractivity contribution in [2.24, 2.45) is 0 Å². The molecule has 0 bridgehead atoms. The van der Waals surface area contributed by atoms with Crippen molar-refractivity contribution in [1.29, 1.82) is 0 Å². The first-order valence-electron chi connectivity index (χ1n) is 2.13. The van der Waals surface area contributed by atoms with Gasteiger partial charge in [0, 0.05) is 4.58 Å². The zero-order chi connectivity index (χ0) is 5.70. The van der Waals surface area contributed by atoms with E-state index in [1.165, 1.54) is 0 Å². The fourth-order valence-electron chi connectivity index (χ4n) is 0.228. The van der Waals surface area contributed by atoms with Crippen molar-refractivity contribution in [2.45, 2.75) is 11.0 Å². The SMILES string of the molecule is CS[C@@H](S)CCS. The van der Waals surface area contributed by atoms with Crippen LogP contribution in [0.2, 0.25) is 0 Å². The summed E-state index contributed by atoms with van der Waals surface area (Å²) < 4.78 is 0.484. The summed E-state index contributed by atoms with van der Waals surface area (Å²) in [7, 11) is 0. The highest BCUT2D eigenvalue weighted by atomic mass is 32.2. The van der Waals surface area contributed by atoms with Crippen molar-refractivity contribution >= 4 is 37.0 Å². The highest BCUT2D eigenvalue weighted by molar-refractivity contribution is 8.09. The van der Waals surface area contributed by atoms with Crippen LogP contribution in [0.5, 0.6) is 0 Å². The van der Waals surface area contributed by atoms with Gasteiger partial charge < -0.3 is 0 Å². The second-order valence-corrected chi connectivity index (χ2v) is 3.66. The fourth-order valence-corrected chi connectivity index (χ4v) is 1.35. The Kier molecular flexibility index (Phi) is 5.97. The lowest BCUT2D eigenvalue weighted by molar-refractivity contribution is 1.09. The number of hydrogen-bond acceptors (Lipinski definition) is 3. The normalized spacial score (nSPS) is 14.1. The molecule has 0 radical (unpaired) electrons. The maximum atomic E-state index is 4.22. The standard InChI is InChI=1S/C4H10S3/c1-7-4(6)2-3-5/h4-6H,2-3H2,1H3/t4-/m1/s1. The molecular formula is C4H10S3. The zero-order valence-corrected chi connectivity index (χ0v) is 6.90. The molecule has 0 aromatic carbocycles. The molecule has 0 saturated carbocycles. The fraction of sp³-hybridized carbons (Fsp3) is 1.00. The third kappa shape index (κ3) is 4.91. The van der Waals surface area contributed by atoms with E-state index in [1.54, 1.807) is 11.8 Å². The Balaban J connectivity index is 2.83. The minimum absolute atomic E-state index is 0.484. The van der Waals surface area contributed by atoms with E-state index >= 15 is 0 Å². The van der Waals surface area contributed by atoms with Gasteiger partial charge in [-0.2, -0.15) is 37.0 Å².